The Morgan fingerprint density at radius 2 is 0.578 bits per heavy atom. The van der Waals surface area contributed by atoms with Gasteiger partial charge >= 0.3 is 0 Å². The maximum Gasteiger partial charge on any atom is 0.0693 e. The second-order valence-electron chi connectivity index (χ2n) is 19.3. The number of piperidine rings is 3. The lowest BCUT2D eigenvalue weighted by atomic mass is 9.76. The molecule has 4 fully saturated rings. The molecule has 4 heterocycles. The first-order valence-electron chi connectivity index (χ1n) is 16.8. The van der Waals surface area contributed by atoms with Crippen molar-refractivity contribution in [3.05, 3.63) is 33.8 Å². The van der Waals surface area contributed by atoms with E-state index >= 15 is 0 Å². The standard InChI is InChI=1S/C19H34N2O2.C18H32N2O2/c1-16(2)10-14(11-17(3,4)20(16)22)9-15-12-18(5,6)21(23)19(7,8)13-15;1-15(2)10-13(11-16(3,4)19(15)21)9-14-12-17(5,6)20(22)18(14,7)8/h22-23H,10-13H2,1-8H3;21-22H,10-12H2,1-8H3. The highest BCUT2D eigenvalue weighted by Crippen LogP contribution is 2.45. The molecule has 0 bridgehead atoms. The van der Waals surface area contributed by atoms with Crippen LogP contribution in [0.5, 0.6) is 0 Å². The molecule has 0 aromatic rings. The SMILES string of the molecule is CC1(C)CC(=C=C2CC(C)(C)N(O)C(C)(C)C2)CC(C)(C)N1O.CC1(C)CC(=C=C2CC(C)(C)N(O)C2(C)C)CC(C)(C)N1O. The Bertz CT molecular complexity index is 1180. The average Bonchev–Trinajstić information content (AvgIpc) is 2.97. The molecule has 0 spiro atoms. The molecule has 0 aromatic carbocycles. The average molecular weight is 631 g/mol. The van der Waals surface area contributed by atoms with Gasteiger partial charge in [0.05, 0.1) is 5.54 Å². The van der Waals surface area contributed by atoms with Gasteiger partial charge in [0.25, 0.3) is 0 Å². The second-order valence-corrected chi connectivity index (χ2v) is 19.3. The number of rotatable bonds is 0. The van der Waals surface area contributed by atoms with Gasteiger partial charge in [0.15, 0.2) is 0 Å². The van der Waals surface area contributed by atoms with Crippen molar-refractivity contribution in [1.82, 2.24) is 20.3 Å². The van der Waals surface area contributed by atoms with E-state index in [1.54, 1.807) is 0 Å². The number of hydrogen-bond donors (Lipinski definition) is 4. The van der Waals surface area contributed by atoms with Gasteiger partial charge in [-0.15, -0.1) is 11.5 Å². The van der Waals surface area contributed by atoms with Crippen LogP contribution in [0.25, 0.3) is 0 Å². The second kappa shape index (κ2) is 11.7. The minimum Gasteiger partial charge on any atom is -0.313 e. The maximum absolute atomic E-state index is 10.4. The van der Waals surface area contributed by atoms with Gasteiger partial charge in [-0.1, -0.05) is 0 Å². The van der Waals surface area contributed by atoms with E-state index in [4.69, 9.17) is 0 Å². The Morgan fingerprint density at radius 3 is 0.800 bits per heavy atom. The third-order valence-corrected chi connectivity index (χ3v) is 10.4. The maximum atomic E-state index is 10.4. The fourth-order valence-corrected chi connectivity index (χ4v) is 8.76. The van der Waals surface area contributed by atoms with Crippen molar-refractivity contribution in [2.24, 2.45) is 0 Å². The molecule has 258 valence electrons. The van der Waals surface area contributed by atoms with E-state index < -0.39 is 5.54 Å². The summed E-state index contributed by atoms with van der Waals surface area (Å²) in [6.45, 7) is 33.0. The Kier molecular flexibility index (Phi) is 9.92. The summed E-state index contributed by atoms with van der Waals surface area (Å²) in [5, 5.41) is 47.7. The molecule has 0 radical (unpaired) electrons. The monoisotopic (exact) mass is 631 g/mol. The Balaban J connectivity index is 0.000000246. The van der Waals surface area contributed by atoms with Gasteiger partial charge in [0, 0.05) is 38.8 Å². The lowest BCUT2D eigenvalue weighted by Gasteiger charge is -2.50. The van der Waals surface area contributed by atoms with Crippen molar-refractivity contribution < 1.29 is 20.8 Å². The van der Waals surface area contributed by atoms with Crippen LogP contribution >= 0.6 is 0 Å². The molecule has 4 aliphatic rings. The van der Waals surface area contributed by atoms with Crippen LogP contribution in [0.4, 0.5) is 0 Å². The van der Waals surface area contributed by atoms with Crippen molar-refractivity contribution in [1.29, 1.82) is 0 Å². The van der Waals surface area contributed by atoms with E-state index in [1.165, 1.54) is 37.0 Å². The molecule has 8 nitrogen and oxygen atoms in total. The number of hydroxylamine groups is 8. The molecule has 45 heavy (non-hydrogen) atoms. The van der Waals surface area contributed by atoms with Crippen molar-refractivity contribution in [3.8, 4) is 0 Å². The summed E-state index contributed by atoms with van der Waals surface area (Å²) in [6.07, 6.45) is 5.67. The van der Waals surface area contributed by atoms with E-state index in [2.05, 4.69) is 108 Å². The molecule has 0 unspecified atom stereocenters. The first kappa shape index (κ1) is 38.2. The highest BCUT2D eigenvalue weighted by Gasteiger charge is 2.49. The third-order valence-electron chi connectivity index (χ3n) is 10.4. The molecule has 4 saturated heterocycles. The minimum absolute atomic E-state index is 0.269. The Labute approximate surface area is 274 Å². The normalized spacial score (nSPS) is 30.3. The molecule has 4 rings (SSSR count). The zero-order valence-electron chi connectivity index (χ0n) is 31.5. The molecule has 0 aromatic heterocycles. The van der Waals surface area contributed by atoms with Gasteiger partial charge in [0.2, 0.25) is 0 Å². The van der Waals surface area contributed by atoms with Gasteiger partial charge in [-0.25, -0.2) is 0 Å². The van der Waals surface area contributed by atoms with Crippen LogP contribution in [-0.2, 0) is 0 Å². The van der Waals surface area contributed by atoms with Crippen LogP contribution < -0.4 is 0 Å². The molecular formula is C37H66N4O4. The highest BCUT2D eigenvalue weighted by atomic mass is 16.5. The summed E-state index contributed by atoms with van der Waals surface area (Å²) in [4.78, 5) is 0. The highest BCUT2D eigenvalue weighted by molar-refractivity contribution is 5.29. The first-order valence-corrected chi connectivity index (χ1v) is 16.8. The van der Waals surface area contributed by atoms with Gasteiger partial charge in [-0.2, -0.15) is 20.3 Å². The van der Waals surface area contributed by atoms with E-state index in [1.807, 2.05) is 13.8 Å². The molecule has 0 aliphatic carbocycles. The minimum atomic E-state index is -0.402. The molecule has 0 saturated carbocycles. The van der Waals surface area contributed by atoms with Crippen molar-refractivity contribution >= 4 is 0 Å². The van der Waals surface area contributed by atoms with E-state index in [0.717, 1.165) is 50.5 Å². The van der Waals surface area contributed by atoms with Crippen molar-refractivity contribution in [2.75, 3.05) is 0 Å². The van der Waals surface area contributed by atoms with Gasteiger partial charge in [-0.05, 0) is 178 Å². The number of hydrogen-bond acceptors (Lipinski definition) is 8. The topological polar surface area (TPSA) is 93.9 Å². The van der Waals surface area contributed by atoms with Gasteiger partial charge in [-0.3, -0.25) is 0 Å². The summed E-state index contributed by atoms with van der Waals surface area (Å²) < 4.78 is 0. The molecular weight excluding hydrogens is 564 g/mol. The van der Waals surface area contributed by atoms with Crippen LogP contribution in [0.15, 0.2) is 33.8 Å². The van der Waals surface area contributed by atoms with Gasteiger partial charge < -0.3 is 20.8 Å². The van der Waals surface area contributed by atoms with Crippen LogP contribution in [0.1, 0.15) is 156 Å². The van der Waals surface area contributed by atoms with Crippen LogP contribution in [0.2, 0.25) is 0 Å². The molecule has 8 heteroatoms. The third kappa shape index (κ3) is 7.73. The lowest BCUT2D eigenvalue weighted by molar-refractivity contribution is -0.233. The smallest absolute Gasteiger partial charge is 0.0693 e. The summed E-state index contributed by atoms with van der Waals surface area (Å²) in [5.41, 5.74) is 9.81. The number of nitrogens with zero attached hydrogens (tertiary/aromatic N) is 4. The Morgan fingerprint density at radius 1 is 0.356 bits per heavy atom. The molecule has 4 aliphatic heterocycles. The van der Waals surface area contributed by atoms with Gasteiger partial charge in [0.1, 0.15) is 0 Å². The molecule has 0 atom stereocenters. The van der Waals surface area contributed by atoms with Crippen molar-refractivity contribution in [3.63, 3.8) is 0 Å². The summed E-state index contributed by atoms with van der Waals surface area (Å²) in [5.74, 6) is 0. The van der Waals surface area contributed by atoms with Crippen LogP contribution in [0.3, 0.4) is 0 Å². The van der Waals surface area contributed by atoms with E-state index in [-0.39, 0.29) is 38.8 Å². The summed E-state index contributed by atoms with van der Waals surface area (Å²) >= 11 is 0. The quantitative estimate of drug-likeness (QED) is 0.198. The fraction of sp³-hybridized carbons (Fsp3) is 0.838. The largest absolute Gasteiger partial charge is 0.313 e. The van der Waals surface area contributed by atoms with E-state index in [9.17, 15) is 20.8 Å². The Hall–Kier alpha value is -1.28. The first-order chi connectivity index (χ1) is 19.9. The van der Waals surface area contributed by atoms with Crippen LogP contribution in [-0.4, -0.2) is 85.4 Å². The fourth-order valence-electron chi connectivity index (χ4n) is 8.76. The zero-order chi connectivity index (χ0) is 35.0. The molecule has 4 N–H and O–H groups in total. The molecule has 0 amide bonds. The van der Waals surface area contributed by atoms with E-state index in [0.29, 0.717) is 0 Å². The van der Waals surface area contributed by atoms with Crippen LogP contribution in [0, 0.1) is 0 Å². The summed E-state index contributed by atoms with van der Waals surface area (Å²) in [6, 6.07) is 0. The van der Waals surface area contributed by atoms with Crippen molar-refractivity contribution in [2.45, 2.75) is 200 Å². The lowest BCUT2D eigenvalue weighted by Crippen LogP contribution is -2.57. The zero-order valence-corrected chi connectivity index (χ0v) is 31.5. The predicted molar refractivity (Wildman–Crippen MR) is 181 cm³/mol. The predicted octanol–water partition coefficient (Wildman–Crippen LogP) is 8.65. The summed E-state index contributed by atoms with van der Waals surface area (Å²) in [7, 11) is 0.